The third-order valence-corrected chi connectivity index (χ3v) is 4.36. The fourth-order valence-electron chi connectivity index (χ4n) is 2.10. The summed E-state index contributed by atoms with van der Waals surface area (Å²) in [6.45, 7) is 0.312. The number of nitrogens with zero attached hydrogens (tertiary/aromatic N) is 3. The Labute approximate surface area is 148 Å². The minimum absolute atomic E-state index is 0.0799. The molecule has 5 nitrogen and oxygen atoms in total. The third-order valence-electron chi connectivity index (χ3n) is 3.35. The Morgan fingerprint density at radius 2 is 1.84 bits per heavy atom. The molecular weight excluding hydrogens is 339 g/mol. The summed E-state index contributed by atoms with van der Waals surface area (Å²) in [7, 11) is 0. The molecule has 0 saturated carbocycles. The molecule has 3 aromatic rings. The molecule has 1 amide bonds. The quantitative estimate of drug-likeness (QED) is 0.689. The number of hydrogen-bond acceptors (Lipinski definition) is 5. The van der Waals surface area contributed by atoms with Crippen molar-refractivity contribution in [2.45, 2.75) is 11.4 Å². The zero-order valence-corrected chi connectivity index (χ0v) is 14.0. The lowest BCUT2D eigenvalue weighted by Gasteiger charge is -2.06. The maximum absolute atomic E-state index is 13.0. The monoisotopic (exact) mass is 354 g/mol. The van der Waals surface area contributed by atoms with Crippen LogP contribution in [0.1, 0.15) is 5.69 Å². The van der Waals surface area contributed by atoms with E-state index in [0.29, 0.717) is 23.7 Å². The van der Waals surface area contributed by atoms with Crippen LogP contribution in [0.3, 0.4) is 0 Å². The summed E-state index contributed by atoms with van der Waals surface area (Å²) in [5.41, 5.74) is 2.17. The van der Waals surface area contributed by atoms with Crippen LogP contribution in [-0.4, -0.2) is 26.6 Å². The third kappa shape index (κ3) is 5.09. The summed E-state index contributed by atoms with van der Waals surface area (Å²) in [6.07, 6.45) is 4.82. The van der Waals surface area contributed by atoms with E-state index in [1.807, 2.05) is 12.1 Å². The molecule has 126 valence electrons. The predicted octanol–water partition coefficient (Wildman–Crippen LogP) is 3.09. The molecule has 0 unspecified atom stereocenters. The van der Waals surface area contributed by atoms with Crippen molar-refractivity contribution in [2.75, 3.05) is 5.75 Å². The Bertz CT molecular complexity index is 843. The lowest BCUT2D eigenvalue weighted by Crippen LogP contribution is -2.25. The van der Waals surface area contributed by atoms with Crippen LogP contribution in [0.2, 0.25) is 0 Å². The maximum atomic E-state index is 13.0. The van der Waals surface area contributed by atoms with Crippen molar-refractivity contribution >= 4 is 17.7 Å². The van der Waals surface area contributed by atoms with Gasteiger partial charge in [0, 0.05) is 22.9 Å². The van der Waals surface area contributed by atoms with Crippen LogP contribution < -0.4 is 5.32 Å². The fourth-order valence-corrected chi connectivity index (χ4v) is 2.81. The first kappa shape index (κ1) is 17.0. The van der Waals surface area contributed by atoms with Crippen molar-refractivity contribution in [2.24, 2.45) is 0 Å². The lowest BCUT2D eigenvalue weighted by molar-refractivity contribution is -0.118. The Balaban J connectivity index is 1.55. The molecular formula is C18H15FN4OS. The van der Waals surface area contributed by atoms with E-state index in [1.54, 1.807) is 30.6 Å². The maximum Gasteiger partial charge on any atom is 0.230 e. The molecule has 0 aliphatic rings. The van der Waals surface area contributed by atoms with Gasteiger partial charge in [-0.3, -0.25) is 9.78 Å². The van der Waals surface area contributed by atoms with E-state index < -0.39 is 0 Å². The highest BCUT2D eigenvalue weighted by molar-refractivity contribution is 8.00. The number of carbonyl (C=O) groups excluding carboxylic acids is 1. The highest BCUT2D eigenvalue weighted by Gasteiger charge is 2.06. The first-order chi connectivity index (χ1) is 12.2. The Morgan fingerprint density at radius 1 is 1.08 bits per heavy atom. The standard InChI is InChI=1S/C18H15FN4OS/c19-14-3-1-13(2-4-14)17-9-15(22-12-23-17)10-21-18(24)11-25-16-5-7-20-8-6-16/h1-9,12H,10-11H2,(H,21,24). The van der Waals surface area contributed by atoms with Gasteiger partial charge in [0.1, 0.15) is 12.1 Å². The molecule has 1 N–H and O–H groups in total. The smallest absolute Gasteiger partial charge is 0.230 e. The van der Waals surface area contributed by atoms with Gasteiger partial charge in [0.15, 0.2) is 0 Å². The van der Waals surface area contributed by atoms with Gasteiger partial charge in [-0.1, -0.05) is 0 Å². The molecule has 0 fully saturated rings. The van der Waals surface area contributed by atoms with Crippen molar-refractivity contribution in [3.05, 3.63) is 72.7 Å². The molecule has 0 atom stereocenters. The minimum Gasteiger partial charge on any atom is -0.350 e. The van der Waals surface area contributed by atoms with Crippen LogP contribution in [0.5, 0.6) is 0 Å². The number of nitrogens with one attached hydrogen (secondary N) is 1. The van der Waals surface area contributed by atoms with Gasteiger partial charge < -0.3 is 5.32 Å². The molecule has 0 aliphatic heterocycles. The molecule has 0 bridgehead atoms. The van der Waals surface area contributed by atoms with E-state index in [2.05, 4.69) is 20.3 Å². The topological polar surface area (TPSA) is 67.8 Å². The molecule has 25 heavy (non-hydrogen) atoms. The molecule has 2 aromatic heterocycles. The molecule has 0 aliphatic carbocycles. The number of hydrogen-bond donors (Lipinski definition) is 1. The number of amides is 1. The number of carbonyl (C=O) groups is 1. The molecule has 0 spiro atoms. The average molecular weight is 354 g/mol. The van der Waals surface area contributed by atoms with E-state index in [4.69, 9.17) is 0 Å². The number of halogens is 1. The van der Waals surface area contributed by atoms with Crippen molar-refractivity contribution in [1.82, 2.24) is 20.3 Å². The van der Waals surface area contributed by atoms with Gasteiger partial charge in [-0.05, 0) is 42.5 Å². The van der Waals surface area contributed by atoms with Gasteiger partial charge in [0.25, 0.3) is 0 Å². The van der Waals surface area contributed by atoms with Crippen LogP contribution in [0.15, 0.2) is 66.1 Å². The highest BCUT2D eigenvalue weighted by Crippen LogP contribution is 2.18. The van der Waals surface area contributed by atoms with Crippen molar-refractivity contribution < 1.29 is 9.18 Å². The van der Waals surface area contributed by atoms with Crippen LogP contribution >= 0.6 is 11.8 Å². The van der Waals surface area contributed by atoms with E-state index in [1.165, 1.54) is 30.2 Å². The fraction of sp³-hybridized carbons (Fsp3) is 0.111. The summed E-state index contributed by atoms with van der Waals surface area (Å²) in [4.78, 5) is 25.2. The summed E-state index contributed by atoms with van der Waals surface area (Å²) in [5.74, 6) is -0.0549. The molecule has 2 heterocycles. The Kier molecular flexibility index (Phi) is 5.69. The van der Waals surface area contributed by atoms with E-state index in [0.717, 1.165) is 10.5 Å². The van der Waals surface area contributed by atoms with Gasteiger partial charge in [0.2, 0.25) is 5.91 Å². The zero-order chi connectivity index (χ0) is 17.5. The summed E-state index contributed by atoms with van der Waals surface area (Å²) in [6, 6.07) is 11.6. The minimum atomic E-state index is -0.294. The van der Waals surface area contributed by atoms with Crippen LogP contribution in [0.25, 0.3) is 11.3 Å². The molecule has 3 rings (SSSR count). The number of thioether (sulfide) groups is 1. The highest BCUT2D eigenvalue weighted by atomic mass is 32.2. The normalized spacial score (nSPS) is 10.4. The zero-order valence-electron chi connectivity index (χ0n) is 13.2. The van der Waals surface area contributed by atoms with Gasteiger partial charge in [-0.2, -0.15) is 0 Å². The van der Waals surface area contributed by atoms with Gasteiger partial charge in [-0.15, -0.1) is 11.8 Å². The van der Waals surface area contributed by atoms with Crippen LogP contribution in [0.4, 0.5) is 4.39 Å². The second kappa shape index (κ2) is 8.34. The van der Waals surface area contributed by atoms with Crippen LogP contribution in [-0.2, 0) is 11.3 Å². The number of aromatic nitrogens is 3. The summed E-state index contributed by atoms with van der Waals surface area (Å²) < 4.78 is 13.0. The lowest BCUT2D eigenvalue weighted by atomic mass is 10.1. The van der Waals surface area contributed by atoms with Gasteiger partial charge in [0.05, 0.1) is 23.7 Å². The van der Waals surface area contributed by atoms with Crippen molar-refractivity contribution in [1.29, 1.82) is 0 Å². The first-order valence-corrected chi connectivity index (χ1v) is 8.55. The molecule has 0 saturated heterocycles. The largest absolute Gasteiger partial charge is 0.350 e. The molecule has 7 heteroatoms. The van der Waals surface area contributed by atoms with Crippen molar-refractivity contribution in [3.63, 3.8) is 0 Å². The van der Waals surface area contributed by atoms with E-state index in [-0.39, 0.29) is 11.7 Å². The summed E-state index contributed by atoms with van der Waals surface area (Å²) >= 11 is 1.44. The van der Waals surface area contributed by atoms with E-state index >= 15 is 0 Å². The predicted molar refractivity (Wildman–Crippen MR) is 94.2 cm³/mol. The second-order valence-electron chi connectivity index (χ2n) is 5.15. The Morgan fingerprint density at radius 3 is 2.60 bits per heavy atom. The summed E-state index contributed by atoms with van der Waals surface area (Å²) in [5, 5.41) is 2.83. The van der Waals surface area contributed by atoms with E-state index in [9.17, 15) is 9.18 Å². The number of pyridine rings is 1. The molecule has 1 aromatic carbocycles. The Hall–Kier alpha value is -2.80. The number of rotatable bonds is 6. The van der Waals surface area contributed by atoms with Crippen LogP contribution in [0, 0.1) is 5.82 Å². The average Bonchev–Trinajstić information content (AvgIpc) is 2.66. The van der Waals surface area contributed by atoms with Gasteiger partial charge in [-0.25, -0.2) is 14.4 Å². The molecule has 0 radical (unpaired) electrons. The first-order valence-electron chi connectivity index (χ1n) is 7.57. The SMILES string of the molecule is O=C(CSc1ccncc1)NCc1cc(-c2ccc(F)cc2)ncn1. The number of benzene rings is 1. The van der Waals surface area contributed by atoms with Crippen molar-refractivity contribution in [3.8, 4) is 11.3 Å². The second-order valence-corrected chi connectivity index (χ2v) is 6.20. The van der Waals surface area contributed by atoms with Gasteiger partial charge >= 0.3 is 0 Å².